The lowest BCUT2D eigenvalue weighted by Crippen LogP contribution is -2.44. The molecule has 1 heterocycles. The first kappa shape index (κ1) is 17.9. The molecule has 1 aliphatic carbocycles. The van der Waals surface area contributed by atoms with Crippen LogP contribution in [0.15, 0.2) is 24.3 Å². The molecule has 1 saturated carbocycles. The highest BCUT2D eigenvalue weighted by Crippen LogP contribution is 2.48. The summed E-state index contributed by atoms with van der Waals surface area (Å²) in [5, 5.41) is 13.0. The van der Waals surface area contributed by atoms with Crippen molar-refractivity contribution in [1.82, 2.24) is 10.2 Å². The number of nitrogens with one attached hydrogen (secondary N) is 1. The van der Waals surface area contributed by atoms with E-state index in [1.54, 1.807) is 17.0 Å². The summed E-state index contributed by atoms with van der Waals surface area (Å²) < 4.78 is 5.73. The molecule has 7 heteroatoms. The van der Waals surface area contributed by atoms with Gasteiger partial charge in [0.05, 0.1) is 17.0 Å². The van der Waals surface area contributed by atoms with E-state index in [4.69, 9.17) is 16.3 Å². The van der Waals surface area contributed by atoms with Crippen molar-refractivity contribution in [3.8, 4) is 5.75 Å². The summed E-state index contributed by atoms with van der Waals surface area (Å²) >= 11 is 6.06. The van der Waals surface area contributed by atoms with Crippen molar-refractivity contribution in [2.45, 2.75) is 32.3 Å². The topological polar surface area (TPSA) is 78.9 Å². The van der Waals surface area contributed by atoms with Gasteiger partial charge in [0.25, 0.3) is 0 Å². The predicted molar refractivity (Wildman–Crippen MR) is 93.9 cm³/mol. The molecule has 3 atom stereocenters. The van der Waals surface area contributed by atoms with Gasteiger partial charge in [0, 0.05) is 13.1 Å². The van der Waals surface area contributed by atoms with Gasteiger partial charge in [-0.05, 0) is 37.8 Å². The maximum Gasteiger partial charge on any atom is 0.317 e. The molecule has 0 aromatic heterocycles. The van der Waals surface area contributed by atoms with Gasteiger partial charge >= 0.3 is 12.0 Å². The molecular formula is C18H23ClN2O4. The van der Waals surface area contributed by atoms with E-state index in [1.807, 2.05) is 19.1 Å². The van der Waals surface area contributed by atoms with Crippen molar-refractivity contribution in [3.63, 3.8) is 0 Å². The highest BCUT2D eigenvalue weighted by Gasteiger charge is 2.55. The van der Waals surface area contributed by atoms with Crippen LogP contribution in [0.1, 0.15) is 26.2 Å². The number of para-hydroxylation sites is 1. The fraction of sp³-hybridized carbons (Fsp3) is 0.556. The third-order valence-electron chi connectivity index (χ3n) is 5.29. The molecule has 1 aromatic rings. The molecule has 136 valence electrons. The summed E-state index contributed by atoms with van der Waals surface area (Å²) in [7, 11) is 0. The average Bonchev–Trinajstić information content (AvgIpc) is 3.13. The molecule has 2 aliphatic rings. The van der Waals surface area contributed by atoms with Gasteiger partial charge < -0.3 is 20.1 Å². The van der Waals surface area contributed by atoms with Crippen molar-refractivity contribution < 1.29 is 19.4 Å². The number of urea groups is 1. The second-order valence-corrected chi connectivity index (χ2v) is 7.38. The lowest BCUT2D eigenvalue weighted by molar-refractivity contribution is -0.149. The number of hydrogen-bond donors (Lipinski definition) is 2. The van der Waals surface area contributed by atoms with E-state index < -0.39 is 11.4 Å². The van der Waals surface area contributed by atoms with Gasteiger partial charge in [0.1, 0.15) is 11.9 Å². The van der Waals surface area contributed by atoms with E-state index in [-0.39, 0.29) is 18.1 Å². The van der Waals surface area contributed by atoms with Crippen LogP contribution >= 0.6 is 11.6 Å². The Morgan fingerprint density at radius 1 is 1.48 bits per heavy atom. The van der Waals surface area contributed by atoms with Crippen LogP contribution in [0.3, 0.4) is 0 Å². The van der Waals surface area contributed by atoms with E-state index >= 15 is 0 Å². The molecule has 25 heavy (non-hydrogen) atoms. The molecule has 0 bridgehead atoms. The van der Waals surface area contributed by atoms with Crippen LogP contribution in [0, 0.1) is 11.3 Å². The molecule has 2 amide bonds. The number of aliphatic carboxylic acids is 1. The minimum absolute atomic E-state index is 0.0625. The summed E-state index contributed by atoms with van der Waals surface area (Å²) in [4.78, 5) is 25.7. The first-order valence-corrected chi connectivity index (χ1v) is 8.97. The number of fused-ring (bicyclic) bond motifs is 1. The fourth-order valence-corrected chi connectivity index (χ4v) is 4.12. The normalized spacial score (nSPS) is 26.2. The third-order valence-corrected chi connectivity index (χ3v) is 5.60. The number of ether oxygens (including phenoxy) is 1. The van der Waals surface area contributed by atoms with Crippen molar-refractivity contribution in [2.75, 3.05) is 19.6 Å². The quantitative estimate of drug-likeness (QED) is 0.839. The van der Waals surface area contributed by atoms with Gasteiger partial charge in [-0.3, -0.25) is 4.79 Å². The van der Waals surface area contributed by atoms with Crippen molar-refractivity contribution in [1.29, 1.82) is 0 Å². The summed E-state index contributed by atoms with van der Waals surface area (Å²) in [6, 6.07) is 6.95. The Balaban J connectivity index is 1.52. The van der Waals surface area contributed by atoms with Gasteiger partial charge in [-0.25, -0.2) is 4.79 Å². The first-order valence-electron chi connectivity index (χ1n) is 8.60. The number of carbonyl (C=O) groups excluding carboxylic acids is 1. The van der Waals surface area contributed by atoms with Crippen molar-refractivity contribution >= 4 is 23.6 Å². The molecule has 1 aliphatic heterocycles. The number of likely N-dealkylation sites (tertiary alicyclic amines) is 1. The first-order chi connectivity index (χ1) is 11.9. The zero-order valence-electron chi connectivity index (χ0n) is 14.2. The lowest BCUT2D eigenvalue weighted by Gasteiger charge is -2.24. The van der Waals surface area contributed by atoms with Crippen LogP contribution in [-0.4, -0.2) is 47.7 Å². The van der Waals surface area contributed by atoms with Gasteiger partial charge in [-0.15, -0.1) is 0 Å². The molecule has 1 aromatic carbocycles. The Morgan fingerprint density at radius 3 is 2.92 bits per heavy atom. The molecule has 2 N–H and O–H groups in total. The maximum absolute atomic E-state index is 12.4. The van der Waals surface area contributed by atoms with E-state index in [0.29, 0.717) is 36.8 Å². The molecule has 0 spiro atoms. The Kier molecular flexibility index (Phi) is 5.08. The number of halogens is 1. The minimum Gasteiger partial charge on any atom is -0.487 e. The minimum atomic E-state index is -0.777. The fourth-order valence-electron chi connectivity index (χ4n) is 3.94. The largest absolute Gasteiger partial charge is 0.487 e. The summed E-state index contributed by atoms with van der Waals surface area (Å²) in [5.41, 5.74) is -0.753. The second-order valence-electron chi connectivity index (χ2n) is 6.98. The van der Waals surface area contributed by atoms with Crippen LogP contribution in [-0.2, 0) is 4.79 Å². The second kappa shape index (κ2) is 7.12. The molecule has 3 rings (SSSR count). The monoisotopic (exact) mass is 366 g/mol. The summed E-state index contributed by atoms with van der Waals surface area (Å²) in [5.74, 6) is -0.139. The third kappa shape index (κ3) is 3.54. The van der Waals surface area contributed by atoms with Crippen molar-refractivity contribution in [2.24, 2.45) is 11.3 Å². The van der Waals surface area contributed by atoms with Crippen LogP contribution in [0.2, 0.25) is 5.02 Å². The standard InChI is InChI=1S/C18H23ClN2O4/c1-12(25-15-7-3-2-6-14(15)19)9-20-17(24)21-10-13-5-4-8-18(13,11-21)16(22)23/h2-3,6-7,12-13H,4-5,8-11H2,1H3,(H,20,24)(H,22,23)/t12?,13-,18+/m0/s1. The van der Waals surface area contributed by atoms with E-state index in [1.165, 1.54) is 0 Å². The lowest BCUT2D eigenvalue weighted by atomic mass is 9.81. The number of benzene rings is 1. The Labute approximate surface area is 152 Å². The van der Waals surface area contributed by atoms with Crippen LogP contribution in [0.5, 0.6) is 5.75 Å². The molecule has 0 radical (unpaired) electrons. The van der Waals surface area contributed by atoms with Gasteiger partial charge in [0.15, 0.2) is 0 Å². The summed E-state index contributed by atoms with van der Waals surface area (Å²) in [6.45, 7) is 2.98. The number of amides is 2. The zero-order chi connectivity index (χ0) is 18.0. The number of rotatable bonds is 5. The predicted octanol–water partition coefficient (Wildman–Crippen LogP) is 3.00. The maximum atomic E-state index is 12.4. The highest BCUT2D eigenvalue weighted by molar-refractivity contribution is 6.32. The number of hydrogen-bond acceptors (Lipinski definition) is 3. The van der Waals surface area contributed by atoms with E-state index in [9.17, 15) is 14.7 Å². The molecule has 6 nitrogen and oxygen atoms in total. The number of carboxylic acids is 1. The van der Waals surface area contributed by atoms with Crippen LogP contribution in [0.4, 0.5) is 4.79 Å². The van der Waals surface area contributed by atoms with Gasteiger partial charge in [0.2, 0.25) is 0 Å². The molecular weight excluding hydrogens is 344 g/mol. The Morgan fingerprint density at radius 2 is 2.24 bits per heavy atom. The van der Waals surface area contributed by atoms with Gasteiger partial charge in [-0.2, -0.15) is 0 Å². The smallest absolute Gasteiger partial charge is 0.317 e. The number of nitrogens with zero attached hydrogens (tertiary/aromatic N) is 1. The summed E-state index contributed by atoms with van der Waals surface area (Å²) in [6.07, 6.45) is 2.21. The molecule has 1 unspecified atom stereocenters. The molecule has 1 saturated heterocycles. The van der Waals surface area contributed by atoms with Crippen LogP contribution < -0.4 is 10.1 Å². The molecule has 2 fully saturated rings. The Hall–Kier alpha value is -1.95. The van der Waals surface area contributed by atoms with Gasteiger partial charge in [-0.1, -0.05) is 30.2 Å². The zero-order valence-corrected chi connectivity index (χ0v) is 15.0. The van der Waals surface area contributed by atoms with Crippen molar-refractivity contribution in [3.05, 3.63) is 29.3 Å². The Bertz CT molecular complexity index is 668. The SMILES string of the molecule is CC(CNC(=O)N1C[C@@H]2CCC[C@@]2(C(=O)O)C1)Oc1ccccc1Cl. The highest BCUT2D eigenvalue weighted by atomic mass is 35.5. The van der Waals surface area contributed by atoms with Crippen LogP contribution in [0.25, 0.3) is 0 Å². The number of carboxylic acid groups (broad SMARTS) is 1. The average molecular weight is 367 g/mol. The van der Waals surface area contributed by atoms with E-state index in [2.05, 4.69) is 5.32 Å². The van der Waals surface area contributed by atoms with E-state index in [0.717, 1.165) is 12.8 Å². The number of carbonyl (C=O) groups is 2.